The Hall–Kier alpha value is 0. The van der Waals surface area contributed by atoms with Crippen molar-refractivity contribution in [3.8, 4) is 0 Å². The van der Waals surface area contributed by atoms with Gasteiger partial charge in [-0.2, -0.15) is 0 Å². The lowest BCUT2D eigenvalue weighted by atomic mass is 9.80. The number of hydrogen-bond donors (Lipinski definition) is 0. The second-order valence-corrected chi connectivity index (χ2v) is 8.44. The van der Waals surface area contributed by atoms with Crippen LogP contribution in [0.15, 0.2) is 0 Å². The molecule has 0 aliphatic heterocycles. The molecule has 0 aromatic rings. The second-order valence-electron chi connectivity index (χ2n) is 8.44. The summed E-state index contributed by atoms with van der Waals surface area (Å²) in [6, 6.07) is 0. The van der Waals surface area contributed by atoms with Crippen molar-refractivity contribution < 1.29 is 0 Å². The summed E-state index contributed by atoms with van der Waals surface area (Å²) in [4.78, 5) is 0. The van der Waals surface area contributed by atoms with Gasteiger partial charge in [-0.05, 0) is 48.3 Å². The molecular weight excluding hydrogens is 252 g/mol. The van der Waals surface area contributed by atoms with Gasteiger partial charge in [-0.15, -0.1) is 0 Å². The Morgan fingerprint density at radius 3 is 2.05 bits per heavy atom. The van der Waals surface area contributed by atoms with E-state index in [0.717, 1.165) is 35.5 Å². The van der Waals surface area contributed by atoms with E-state index in [0.29, 0.717) is 0 Å². The minimum absolute atomic E-state index is 0.879. The van der Waals surface area contributed by atoms with E-state index in [1.54, 1.807) is 6.42 Å². The fraction of sp³-hybridized carbons (Fsp3) is 1.00. The summed E-state index contributed by atoms with van der Waals surface area (Å²) in [5, 5.41) is 0. The summed E-state index contributed by atoms with van der Waals surface area (Å²) in [6.45, 7) is 14.5. The molecule has 0 heteroatoms. The van der Waals surface area contributed by atoms with Crippen molar-refractivity contribution in [1.29, 1.82) is 0 Å². The van der Waals surface area contributed by atoms with E-state index in [1.807, 2.05) is 0 Å². The number of rotatable bonds is 12. The zero-order chi connectivity index (χ0) is 15.8. The normalized spacial score (nSPS) is 25.9. The molecule has 0 heterocycles. The van der Waals surface area contributed by atoms with Gasteiger partial charge < -0.3 is 0 Å². The van der Waals surface area contributed by atoms with E-state index in [2.05, 4.69) is 41.5 Å². The quantitative estimate of drug-likeness (QED) is 0.331. The van der Waals surface area contributed by atoms with E-state index in [1.165, 1.54) is 51.4 Å². The van der Waals surface area contributed by atoms with Crippen molar-refractivity contribution in [2.24, 2.45) is 35.5 Å². The predicted octanol–water partition coefficient (Wildman–Crippen LogP) is 7.33. The molecule has 5 unspecified atom stereocenters. The van der Waals surface area contributed by atoms with Gasteiger partial charge in [-0.3, -0.25) is 0 Å². The van der Waals surface area contributed by atoms with Gasteiger partial charge in [0, 0.05) is 0 Å². The number of hydrogen-bond acceptors (Lipinski definition) is 0. The smallest absolute Gasteiger partial charge is 0.0349 e. The van der Waals surface area contributed by atoms with Crippen molar-refractivity contribution >= 4 is 0 Å². The highest BCUT2D eigenvalue weighted by atomic mass is 14.5. The van der Waals surface area contributed by atoms with Gasteiger partial charge in [-0.1, -0.05) is 86.5 Å². The Labute approximate surface area is 135 Å². The summed E-state index contributed by atoms with van der Waals surface area (Å²) in [7, 11) is 0. The molecule has 0 spiro atoms. The topological polar surface area (TPSA) is 0 Å². The Kier molecular flexibility index (Phi) is 8.98. The van der Waals surface area contributed by atoms with Gasteiger partial charge in [0.05, 0.1) is 0 Å². The van der Waals surface area contributed by atoms with Crippen molar-refractivity contribution in [3.63, 3.8) is 0 Å². The third-order valence-electron chi connectivity index (χ3n) is 5.99. The van der Waals surface area contributed by atoms with Crippen LogP contribution >= 0.6 is 0 Å². The van der Waals surface area contributed by atoms with Crippen LogP contribution in [0.25, 0.3) is 0 Å². The van der Waals surface area contributed by atoms with Crippen LogP contribution in [-0.2, 0) is 0 Å². The zero-order valence-electron chi connectivity index (χ0n) is 15.8. The minimum Gasteiger partial charge on any atom is -0.0654 e. The molecule has 21 heavy (non-hydrogen) atoms. The first-order valence-corrected chi connectivity index (χ1v) is 10.0. The van der Waals surface area contributed by atoms with Crippen LogP contribution in [0.1, 0.15) is 99.3 Å². The molecule has 5 atom stereocenters. The summed E-state index contributed by atoms with van der Waals surface area (Å²) >= 11 is 0. The van der Waals surface area contributed by atoms with Crippen LogP contribution in [0.4, 0.5) is 0 Å². The average Bonchev–Trinajstić information content (AvgIpc) is 3.21. The summed E-state index contributed by atoms with van der Waals surface area (Å²) in [5.74, 6) is 5.98. The maximum Gasteiger partial charge on any atom is -0.0349 e. The fourth-order valence-electron chi connectivity index (χ4n) is 4.41. The molecule has 1 rings (SSSR count). The fourth-order valence-corrected chi connectivity index (χ4v) is 4.41. The minimum atomic E-state index is 0.879. The van der Waals surface area contributed by atoms with E-state index in [4.69, 9.17) is 0 Å². The van der Waals surface area contributed by atoms with Gasteiger partial charge in [0.15, 0.2) is 0 Å². The highest BCUT2D eigenvalue weighted by molar-refractivity contribution is 4.95. The zero-order valence-corrected chi connectivity index (χ0v) is 15.8. The van der Waals surface area contributed by atoms with Crippen LogP contribution in [0.2, 0.25) is 0 Å². The van der Waals surface area contributed by atoms with E-state index >= 15 is 0 Å². The molecule has 0 bridgehead atoms. The molecule has 0 amide bonds. The SMILES string of the molecule is CCCCCC(C(C)CCC)C1CC1C(C)CCC(C)C. The first kappa shape index (κ1) is 19.0. The summed E-state index contributed by atoms with van der Waals surface area (Å²) < 4.78 is 0. The van der Waals surface area contributed by atoms with Crippen molar-refractivity contribution in [1.82, 2.24) is 0 Å². The largest absolute Gasteiger partial charge is 0.0654 e. The van der Waals surface area contributed by atoms with Gasteiger partial charge in [0.2, 0.25) is 0 Å². The maximum atomic E-state index is 2.54. The Morgan fingerprint density at radius 2 is 1.48 bits per heavy atom. The van der Waals surface area contributed by atoms with Gasteiger partial charge in [-0.25, -0.2) is 0 Å². The molecule has 1 saturated carbocycles. The van der Waals surface area contributed by atoms with Gasteiger partial charge in [0.1, 0.15) is 0 Å². The van der Waals surface area contributed by atoms with Crippen LogP contribution in [0.3, 0.4) is 0 Å². The standard InChI is InChI=1S/C21H42/c1-7-9-10-12-19(17(5)11-8-2)21-15-20(21)18(6)14-13-16(3)4/h16-21H,7-15H2,1-6H3. The molecule has 0 radical (unpaired) electrons. The molecule has 1 aliphatic rings. The van der Waals surface area contributed by atoms with Crippen molar-refractivity contribution in [3.05, 3.63) is 0 Å². The average molecular weight is 295 g/mol. The van der Waals surface area contributed by atoms with E-state index in [-0.39, 0.29) is 0 Å². The van der Waals surface area contributed by atoms with Crippen LogP contribution < -0.4 is 0 Å². The molecule has 1 fully saturated rings. The molecule has 0 saturated heterocycles. The van der Waals surface area contributed by atoms with Gasteiger partial charge in [0.25, 0.3) is 0 Å². The molecule has 126 valence electrons. The summed E-state index contributed by atoms with van der Waals surface area (Å²) in [5.41, 5.74) is 0. The molecular formula is C21H42. The Morgan fingerprint density at radius 1 is 0.762 bits per heavy atom. The Balaban J connectivity index is 2.44. The van der Waals surface area contributed by atoms with Gasteiger partial charge >= 0.3 is 0 Å². The third kappa shape index (κ3) is 6.74. The number of unbranched alkanes of at least 4 members (excludes halogenated alkanes) is 2. The first-order valence-electron chi connectivity index (χ1n) is 10.0. The molecule has 1 aliphatic carbocycles. The van der Waals surface area contributed by atoms with Crippen molar-refractivity contribution in [2.45, 2.75) is 99.3 Å². The Bertz CT molecular complexity index is 255. The van der Waals surface area contributed by atoms with Crippen LogP contribution in [0, 0.1) is 35.5 Å². The summed E-state index contributed by atoms with van der Waals surface area (Å²) in [6.07, 6.45) is 13.0. The maximum absolute atomic E-state index is 2.54. The third-order valence-corrected chi connectivity index (χ3v) is 5.99. The molecule has 0 aromatic carbocycles. The van der Waals surface area contributed by atoms with Crippen LogP contribution in [-0.4, -0.2) is 0 Å². The predicted molar refractivity (Wildman–Crippen MR) is 96.5 cm³/mol. The lowest BCUT2D eigenvalue weighted by Crippen LogP contribution is -2.17. The van der Waals surface area contributed by atoms with Crippen LogP contribution in [0.5, 0.6) is 0 Å². The second kappa shape index (κ2) is 9.90. The van der Waals surface area contributed by atoms with E-state index < -0.39 is 0 Å². The monoisotopic (exact) mass is 294 g/mol. The van der Waals surface area contributed by atoms with E-state index in [9.17, 15) is 0 Å². The highest BCUT2D eigenvalue weighted by Gasteiger charge is 2.46. The lowest BCUT2D eigenvalue weighted by Gasteiger charge is -2.25. The molecule has 0 N–H and O–H groups in total. The molecule has 0 aromatic heterocycles. The highest BCUT2D eigenvalue weighted by Crippen LogP contribution is 2.54. The lowest BCUT2D eigenvalue weighted by molar-refractivity contribution is 0.246. The first-order chi connectivity index (χ1) is 10.0. The van der Waals surface area contributed by atoms with Crippen molar-refractivity contribution in [2.75, 3.05) is 0 Å². The molecule has 0 nitrogen and oxygen atoms in total.